The lowest BCUT2D eigenvalue weighted by atomic mass is 9.99. The van der Waals surface area contributed by atoms with Crippen molar-refractivity contribution in [3.63, 3.8) is 0 Å². The topological polar surface area (TPSA) is 0 Å². The quantitative estimate of drug-likeness (QED) is 0.638. The maximum Gasteiger partial charge on any atom is 0.142 e. The van der Waals surface area contributed by atoms with Gasteiger partial charge in [0.2, 0.25) is 0 Å². The highest BCUT2D eigenvalue weighted by Gasteiger charge is 2.11. The molecule has 1 rings (SSSR count). The van der Waals surface area contributed by atoms with Crippen LogP contribution in [0.5, 0.6) is 0 Å². The van der Waals surface area contributed by atoms with Crippen LogP contribution in [0.4, 0.5) is 4.39 Å². The molecule has 0 aromatic heterocycles. The van der Waals surface area contributed by atoms with Crippen LogP contribution in [0.15, 0.2) is 12.1 Å². The van der Waals surface area contributed by atoms with Gasteiger partial charge >= 0.3 is 0 Å². The zero-order valence-electron chi connectivity index (χ0n) is 7.57. The van der Waals surface area contributed by atoms with E-state index < -0.39 is 5.82 Å². The molecule has 1 aromatic rings. The van der Waals surface area contributed by atoms with Gasteiger partial charge in [0.15, 0.2) is 0 Å². The molecule has 0 heterocycles. The van der Waals surface area contributed by atoms with Gasteiger partial charge in [0, 0.05) is 5.02 Å². The normalized spacial score (nSPS) is 13.0. The third-order valence-electron chi connectivity index (χ3n) is 2.18. The van der Waals surface area contributed by atoms with Gasteiger partial charge in [-0.25, -0.2) is 4.39 Å². The third-order valence-corrected chi connectivity index (χ3v) is 2.80. The van der Waals surface area contributed by atoms with Gasteiger partial charge in [-0.2, -0.15) is 0 Å². The van der Waals surface area contributed by atoms with Crippen molar-refractivity contribution < 1.29 is 4.39 Å². The van der Waals surface area contributed by atoms with Gasteiger partial charge in [-0.15, -0.1) is 0 Å². The molecule has 0 aliphatic rings. The lowest BCUT2D eigenvalue weighted by molar-refractivity contribution is 0.620. The van der Waals surface area contributed by atoms with E-state index in [1.54, 1.807) is 0 Å². The van der Waals surface area contributed by atoms with Crippen molar-refractivity contribution in [3.05, 3.63) is 33.6 Å². The van der Waals surface area contributed by atoms with Crippen LogP contribution in [-0.2, 0) is 0 Å². The maximum atomic E-state index is 13.1. The van der Waals surface area contributed by atoms with Gasteiger partial charge in [0.1, 0.15) is 5.82 Å². The van der Waals surface area contributed by atoms with Crippen molar-refractivity contribution in [1.29, 1.82) is 0 Å². The molecule has 0 amide bonds. The fraction of sp³-hybridized carbons (Fsp3) is 0.400. The van der Waals surface area contributed by atoms with E-state index in [9.17, 15) is 4.39 Å². The summed E-state index contributed by atoms with van der Waals surface area (Å²) in [4.78, 5) is 0. The number of rotatable bonds is 2. The molecule has 0 nitrogen and oxygen atoms in total. The smallest absolute Gasteiger partial charge is 0.142 e. The first kappa shape index (κ1) is 10.8. The van der Waals surface area contributed by atoms with Crippen LogP contribution in [0.2, 0.25) is 10.0 Å². The molecule has 1 atom stereocenters. The Labute approximate surface area is 87.7 Å². The van der Waals surface area contributed by atoms with E-state index in [0.717, 1.165) is 12.0 Å². The minimum atomic E-state index is -0.402. The molecule has 0 bridgehead atoms. The molecular formula is C10H11Cl2F. The van der Waals surface area contributed by atoms with Gasteiger partial charge in [0.25, 0.3) is 0 Å². The van der Waals surface area contributed by atoms with Crippen LogP contribution >= 0.6 is 23.2 Å². The number of hydrogen-bond donors (Lipinski definition) is 0. The molecule has 1 aromatic carbocycles. The summed E-state index contributed by atoms with van der Waals surface area (Å²) in [5, 5.41) is 0.623. The monoisotopic (exact) mass is 220 g/mol. The first-order valence-corrected chi connectivity index (χ1v) is 4.96. The molecule has 0 saturated heterocycles. The van der Waals surface area contributed by atoms with Crippen molar-refractivity contribution in [2.45, 2.75) is 26.2 Å². The highest BCUT2D eigenvalue weighted by Crippen LogP contribution is 2.30. The summed E-state index contributed by atoms with van der Waals surface area (Å²) in [7, 11) is 0. The Morgan fingerprint density at radius 2 is 1.92 bits per heavy atom. The summed E-state index contributed by atoms with van der Waals surface area (Å²) >= 11 is 11.5. The number of benzene rings is 1. The molecule has 0 N–H and O–H groups in total. The van der Waals surface area contributed by atoms with Crippen molar-refractivity contribution in [3.8, 4) is 0 Å². The van der Waals surface area contributed by atoms with Gasteiger partial charge in [-0.05, 0) is 30.0 Å². The van der Waals surface area contributed by atoms with Crippen molar-refractivity contribution in [2.75, 3.05) is 0 Å². The van der Waals surface area contributed by atoms with Crippen LogP contribution < -0.4 is 0 Å². The zero-order chi connectivity index (χ0) is 10.0. The minimum absolute atomic E-state index is 0.0806. The zero-order valence-corrected chi connectivity index (χ0v) is 9.08. The van der Waals surface area contributed by atoms with E-state index in [0.29, 0.717) is 5.02 Å². The molecule has 1 unspecified atom stereocenters. The Kier molecular flexibility index (Phi) is 3.57. The van der Waals surface area contributed by atoms with Gasteiger partial charge < -0.3 is 0 Å². The summed E-state index contributed by atoms with van der Waals surface area (Å²) in [6.07, 6.45) is 0.931. The van der Waals surface area contributed by atoms with Crippen molar-refractivity contribution in [2.24, 2.45) is 0 Å². The average Bonchev–Trinajstić information content (AvgIpc) is 2.10. The van der Waals surface area contributed by atoms with Crippen molar-refractivity contribution >= 4 is 23.2 Å². The van der Waals surface area contributed by atoms with E-state index in [-0.39, 0.29) is 10.9 Å². The molecular weight excluding hydrogens is 210 g/mol. The largest absolute Gasteiger partial charge is 0.205 e. The van der Waals surface area contributed by atoms with Gasteiger partial charge in [-0.3, -0.25) is 0 Å². The Bertz CT molecular complexity index is 310. The fourth-order valence-electron chi connectivity index (χ4n) is 1.14. The fourth-order valence-corrected chi connectivity index (χ4v) is 1.70. The van der Waals surface area contributed by atoms with Crippen LogP contribution in [-0.4, -0.2) is 0 Å². The number of halogens is 3. The lowest BCUT2D eigenvalue weighted by Crippen LogP contribution is -1.94. The second-order valence-electron chi connectivity index (χ2n) is 3.10. The van der Waals surface area contributed by atoms with E-state index in [2.05, 4.69) is 0 Å². The standard InChI is InChI=1S/C10H11Cl2F/c1-3-6(2)7-4-10(13)9(12)5-8(7)11/h4-6H,3H2,1-2H3. The summed E-state index contributed by atoms with van der Waals surface area (Å²) in [6.45, 7) is 4.04. The van der Waals surface area contributed by atoms with E-state index in [4.69, 9.17) is 23.2 Å². The first-order chi connectivity index (χ1) is 6.06. The van der Waals surface area contributed by atoms with Crippen LogP contribution in [0.1, 0.15) is 31.7 Å². The molecule has 0 aliphatic heterocycles. The predicted molar refractivity (Wildman–Crippen MR) is 55.1 cm³/mol. The Morgan fingerprint density at radius 1 is 1.31 bits per heavy atom. The van der Waals surface area contributed by atoms with Crippen LogP contribution in [0, 0.1) is 5.82 Å². The molecule has 0 fully saturated rings. The van der Waals surface area contributed by atoms with E-state index in [1.807, 2.05) is 13.8 Å². The Morgan fingerprint density at radius 3 is 2.46 bits per heavy atom. The maximum absolute atomic E-state index is 13.1. The average molecular weight is 221 g/mol. The van der Waals surface area contributed by atoms with Crippen LogP contribution in [0.3, 0.4) is 0 Å². The molecule has 0 spiro atoms. The lowest BCUT2D eigenvalue weighted by Gasteiger charge is -2.11. The minimum Gasteiger partial charge on any atom is -0.205 e. The third kappa shape index (κ3) is 2.35. The number of hydrogen-bond acceptors (Lipinski definition) is 0. The van der Waals surface area contributed by atoms with Gasteiger partial charge in [-0.1, -0.05) is 37.0 Å². The Hall–Kier alpha value is -0.270. The molecule has 0 radical (unpaired) electrons. The first-order valence-electron chi connectivity index (χ1n) is 4.20. The molecule has 72 valence electrons. The highest BCUT2D eigenvalue weighted by molar-refractivity contribution is 6.35. The molecule has 3 heteroatoms. The highest BCUT2D eigenvalue weighted by atomic mass is 35.5. The summed E-state index contributed by atoms with van der Waals surface area (Å²) < 4.78 is 13.1. The van der Waals surface area contributed by atoms with Crippen molar-refractivity contribution in [1.82, 2.24) is 0 Å². The Balaban J connectivity index is 3.15. The SMILES string of the molecule is CCC(C)c1cc(F)c(Cl)cc1Cl. The summed E-state index contributed by atoms with van der Waals surface area (Å²) in [5.41, 5.74) is 0.825. The summed E-state index contributed by atoms with van der Waals surface area (Å²) in [5.74, 6) is -0.138. The van der Waals surface area contributed by atoms with E-state index >= 15 is 0 Å². The molecule has 0 aliphatic carbocycles. The van der Waals surface area contributed by atoms with Crippen LogP contribution in [0.25, 0.3) is 0 Å². The predicted octanol–water partition coefficient (Wildman–Crippen LogP) is 4.65. The summed E-state index contributed by atoms with van der Waals surface area (Å²) in [6, 6.07) is 2.87. The second-order valence-corrected chi connectivity index (χ2v) is 3.91. The second kappa shape index (κ2) is 4.30. The van der Waals surface area contributed by atoms with E-state index in [1.165, 1.54) is 12.1 Å². The molecule has 13 heavy (non-hydrogen) atoms. The molecule has 0 saturated carbocycles. The van der Waals surface area contributed by atoms with Gasteiger partial charge in [0.05, 0.1) is 5.02 Å².